The number of hydrogen-bond acceptors (Lipinski definition) is 14. The van der Waals surface area contributed by atoms with Crippen LogP contribution < -0.4 is 16.4 Å². The fraction of sp³-hybridized carbons (Fsp3) is 0.346. The molecule has 1 aromatic heterocycles. The van der Waals surface area contributed by atoms with Crippen LogP contribution in [0, 0.1) is 0 Å². The lowest BCUT2D eigenvalue weighted by Gasteiger charge is -2.49. The van der Waals surface area contributed by atoms with E-state index in [2.05, 4.69) is 25.6 Å². The number of phenols is 2. The van der Waals surface area contributed by atoms with Crippen LogP contribution in [0.2, 0.25) is 9.36 Å². The number of phenolic OH excluding ortho intramolecular Hbond substituents is 2. The van der Waals surface area contributed by atoms with Gasteiger partial charge in [-0.25, -0.2) is 14.6 Å². The van der Waals surface area contributed by atoms with E-state index in [0.29, 0.717) is 16.9 Å². The number of carbonyl (C=O) groups excluding carboxylic acids is 3. The number of aromatic hydroxyl groups is 2. The molecule has 3 heterocycles. The number of β-lactam (4-membered cyclic amide) rings is 1. The number of nitrogen functional groups attached to an aromatic ring is 1. The highest BCUT2D eigenvalue weighted by molar-refractivity contribution is 8.01. The normalized spacial score (nSPS) is 18.9. The molecule has 0 aliphatic carbocycles. The fourth-order valence-corrected chi connectivity index (χ4v) is 7.79. The molecular formula is C26H23Cl2F3N6O10S3. The van der Waals surface area contributed by atoms with Gasteiger partial charge in [0.15, 0.2) is 22.3 Å². The number of benzene rings is 1. The molecule has 50 heavy (non-hydrogen) atoms. The first kappa shape index (κ1) is 38.7. The number of rotatable bonds is 13. The molecular weight excluding hydrogens is 780 g/mol. The van der Waals surface area contributed by atoms with Crippen molar-refractivity contribution in [3.05, 3.63) is 44.0 Å². The Morgan fingerprint density at radius 3 is 2.48 bits per heavy atom. The zero-order valence-corrected chi connectivity index (χ0v) is 28.9. The number of halogens is 5. The summed E-state index contributed by atoms with van der Waals surface area (Å²) in [5.41, 5.74) is 0.00202. The summed E-state index contributed by atoms with van der Waals surface area (Å²) < 4.78 is 40.2. The molecule has 3 atom stereocenters. The number of hydrogen-bond donors (Lipinski definition) is 7. The maximum atomic E-state index is 13.5. The molecule has 0 bridgehead atoms. The predicted octanol–water partition coefficient (Wildman–Crippen LogP) is 2.47. The number of carbonyl (C=O) groups is 5. The molecule has 4 rings (SSSR count). The predicted molar refractivity (Wildman–Crippen MR) is 175 cm³/mol. The lowest BCUT2D eigenvalue weighted by atomic mass is 10.0. The van der Waals surface area contributed by atoms with E-state index in [9.17, 15) is 52.5 Å². The van der Waals surface area contributed by atoms with Crippen molar-refractivity contribution < 1.29 is 62.4 Å². The second kappa shape index (κ2) is 15.0. The van der Waals surface area contributed by atoms with E-state index < -0.39 is 75.8 Å². The largest absolute Gasteiger partial charge is 0.504 e. The van der Waals surface area contributed by atoms with Crippen molar-refractivity contribution in [3.63, 3.8) is 0 Å². The van der Waals surface area contributed by atoms with E-state index in [1.807, 2.05) is 0 Å². The third-order valence-corrected chi connectivity index (χ3v) is 10.8. The van der Waals surface area contributed by atoms with Crippen molar-refractivity contribution in [2.45, 2.75) is 30.1 Å². The van der Waals surface area contributed by atoms with E-state index in [1.165, 1.54) is 17.8 Å². The first-order valence-electron chi connectivity index (χ1n) is 13.6. The summed E-state index contributed by atoms with van der Waals surface area (Å²) in [6.07, 6.45) is -5.49. The molecule has 3 amide bonds. The number of thioether (sulfide) groups is 2. The van der Waals surface area contributed by atoms with Gasteiger partial charge in [-0.3, -0.25) is 19.3 Å². The Morgan fingerprint density at radius 2 is 1.90 bits per heavy atom. The third-order valence-electron chi connectivity index (χ3n) is 6.99. The topological polar surface area (TPSA) is 254 Å². The summed E-state index contributed by atoms with van der Waals surface area (Å²) >= 11 is 14.8. The highest BCUT2D eigenvalue weighted by Gasteiger charge is 2.61. The summed E-state index contributed by atoms with van der Waals surface area (Å²) in [4.78, 5) is 71.5. The lowest BCUT2D eigenvalue weighted by Crippen LogP contribution is -2.71. The maximum Gasteiger partial charge on any atom is 0.442 e. The van der Waals surface area contributed by atoms with Crippen LogP contribution >= 0.6 is 58.1 Å². The second-order valence-electron chi connectivity index (χ2n) is 10.3. The standard InChI is InChI=1S/C26H23Cl2F3N6O10S3/c1-25(23(45)46,26(29,30)31)47-36-13(12-17(28)50-24(32)35-12)19(41)34-14-20(42)37-15(22(43)44)8(7-49-21(14)37)6-48-5-4-33-18(40)9-2-3-10(38)16(39)11(9)27/h2-3,14,21,38-39H,4-7H2,1H3,(H2,32,35)(H,33,40)(H,34,41)(H,43,44)(H,45,46)/b36-13-/t14-,21-,25-/m1/s1. The molecule has 0 saturated carbocycles. The smallest absolute Gasteiger partial charge is 0.442 e. The molecule has 0 unspecified atom stereocenters. The number of nitrogens with two attached hydrogens (primary N) is 1. The molecule has 1 fully saturated rings. The number of carboxylic acids is 2. The Bertz CT molecular complexity index is 1830. The van der Waals surface area contributed by atoms with E-state index >= 15 is 0 Å². The summed E-state index contributed by atoms with van der Waals surface area (Å²) in [5.74, 6) is -7.45. The van der Waals surface area contributed by atoms with E-state index in [1.54, 1.807) is 0 Å². The number of amides is 3. The van der Waals surface area contributed by atoms with Gasteiger partial charge in [0.05, 0.1) is 10.6 Å². The van der Waals surface area contributed by atoms with Crippen LogP contribution in [0.25, 0.3) is 0 Å². The van der Waals surface area contributed by atoms with Gasteiger partial charge in [0, 0.05) is 23.8 Å². The van der Waals surface area contributed by atoms with Crippen molar-refractivity contribution in [3.8, 4) is 11.5 Å². The monoisotopic (exact) mass is 802 g/mol. The van der Waals surface area contributed by atoms with Gasteiger partial charge in [0.1, 0.15) is 27.1 Å². The maximum absolute atomic E-state index is 13.5. The number of nitrogens with zero attached hydrogens (tertiary/aromatic N) is 3. The molecule has 2 aliphatic heterocycles. The van der Waals surface area contributed by atoms with Crippen molar-refractivity contribution >= 4 is 98.6 Å². The summed E-state index contributed by atoms with van der Waals surface area (Å²) in [7, 11) is 0. The minimum absolute atomic E-state index is 0.0831. The number of alkyl halides is 3. The first-order chi connectivity index (χ1) is 23.3. The van der Waals surface area contributed by atoms with Crippen molar-refractivity contribution in [2.75, 3.05) is 29.5 Å². The van der Waals surface area contributed by atoms with Gasteiger partial charge in [0.2, 0.25) is 0 Å². The van der Waals surface area contributed by atoms with Gasteiger partial charge < -0.3 is 41.6 Å². The number of nitrogens with one attached hydrogen (secondary N) is 2. The fourth-order valence-electron chi connectivity index (χ4n) is 4.27. The van der Waals surface area contributed by atoms with Crippen LogP contribution in [-0.4, -0.2) is 113 Å². The molecule has 1 saturated heterocycles. The van der Waals surface area contributed by atoms with Crippen molar-refractivity contribution in [1.82, 2.24) is 20.5 Å². The Kier molecular flexibility index (Phi) is 11.6. The zero-order chi connectivity index (χ0) is 37.3. The third kappa shape index (κ3) is 7.62. The van der Waals surface area contributed by atoms with Crippen LogP contribution in [0.3, 0.4) is 0 Å². The number of carboxylic acid groups (broad SMARTS) is 2. The Labute approximate surface area is 300 Å². The first-order valence-corrected chi connectivity index (χ1v) is 17.3. The van der Waals surface area contributed by atoms with E-state index in [4.69, 9.17) is 34.0 Å². The SMILES string of the molecule is C[C@@](O/N=C(\C(=O)N[C@@H]1C(=O)N2C(C(=O)O)=C(CSCCNC(=O)c3ccc(O)c(O)c3Cl)CS[C@H]12)c1nc(N)sc1Cl)(C(=O)O)C(F)(F)F. The minimum Gasteiger partial charge on any atom is -0.504 e. The van der Waals surface area contributed by atoms with Gasteiger partial charge in [-0.1, -0.05) is 39.7 Å². The number of aliphatic carboxylic acids is 2. The quantitative estimate of drug-likeness (QED) is 0.0505. The van der Waals surface area contributed by atoms with Gasteiger partial charge >= 0.3 is 23.7 Å². The molecule has 1 aromatic carbocycles. The van der Waals surface area contributed by atoms with Crippen molar-refractivity contribution in [2.24, 2.45) is 5.16 Å². The van der Waals surface area contributed by atoms with E-state index in [0.717, 1.165) is 22.7 Å². The van der Waals surface area contributed by atoms with Crippen molar-refractivity contribution in [1.29, 1.82) is 0 Å². The average Bonchev–Trinajstić information content (AvgIpc) is 3.37. The van der Waals surface area contributed by atoms with Crippen LogP contribution in [-0.2, 0) is 24.0 Å². The molecule has 16 nitrogen and oxygen atoms in total. The Balaban J connectivity index is 1.44. The van der Waals surface area contributed by atoms with Crippen LogP contribution in [0.5, 0.6) is 11.5 Å². The Morgan fingerprint density at radius 1 is 1.22 bits per heavy atom. The molecule has 24 heteroatoms. The lowest BCUT2D eigenvalue weighted by molar-refractivity contribution is -0.269. The molecule has 0 spiro atoms. The van der Waals surface area contributed by atoms with E-state index in [-0.39, 0.29) is 56.5 Å². The summed E-state index contributed by atoms with van der Waals surface area (Å²) in [5, 5.41) is 44.7. The molecule has 2 aromatic rings. The summed E-state index contributed by atoms with van der Waals surface area (Å²) in [6, 6.07) is 0.911. The zero-order valence-electron chi connectivity index (χ0n) is 24.9. The van der Waals surface area contributed by atoms with Crippen LogP contribution in [0.15, 0.2) is 28.6 Å². The Hall–Kier alpha value is -4.12. The van der Waals surface area contributed by atoms with Crippen LogP contribution in [0.4, 0.5) is 18.3 Å². The summed E-state index contributed by atoms with van der Waals surface area (Å²) in [6.45, 7) is 0.254. The number of fused-ring (bicyclic) bond motifs is 1. The molecule has 2 aliphatic rings. The number of oxime groups is 1. The minimum atomic E-state index is -5.49. The van der Waals surface area contributed by atoms with Gasteiger partial charge in [0.25, 0.3) is 17.7 Å². The molecule has 8 N–H and O–H groups in total. The molecule has 0 radical (unpaired) electrons. The number of anilines is 1. The highest BCUT2D eigenvalue weighted by atomic mass is 35.5. The van der Waals surface area contributed by atoms with Gasteiger partial charge in [-0.2, -0.15) is 24.9 Å². The average molecular weight is 804 g/mol. The second-order valence-corrected chi connectivity index (χ2v) is 14.5. The number of aromatic nitrogens is 1. The van der Waals surface area contributed by atoms with Gasteiger partial charge in [-0.05, 0) is 24.6 Å². The van der Waals surface area contributed by atoms with Gasteiger partial charge in [-0.15, -0.1) is 11.8 Å². The van der Waals surface area contributed by atoms with Crippen LogP contribution in [0.1, 0.15) is 23.0 Å². The highest BCUT2D eigenvalue weighted by Crippen LogP contribution is 2.41. The molecule has 270 valence electrons. The number of thiazole rings is 1.